The summed E-state index contributed by atoms with van der Waals surface area (Å²) in [5.41, 5.74) is 0.623. The van der Waals surface area contributed by atoms with E-state index in [2.05, 4.69) is 27.7 Å². The van der Waals surface area contributed by atoms with Crippen molar-refractivity contribution in [1.82, 2.24) is 10.2 Å². The van der Waals surface area contributed by atoms with Gasteiger partial charge < -0.3 is 0 Å². The summed E-state index contributed by atoms with van der Waals surface area (Å²) < 4.78 is 14.3. The maximum absolute atomic E-state index is 13.6. The molecular formula is C18H18FN3OS2. The second-order valence-electron chi connectivity index (χ2n) is 5.65. The van der Waals surface area contributed by atoms with Crippen molar-refractivity contribution < 1.29 is 9.18 Å². The predicted molar refractivity (Wildman–Crippen MR) is 100 cm³/mol. The number of halogens is 1. The van der Waals surface area contributed by atoms with Crippen molar-refractivity contribution in [2.75, 3.05) is 5.32 Å². The molecule has 130 valence electrons. The second-order valence-corrected chi connectivity index (χ2v) is 7.85. The molecule has 0 fully saturated rings. The molecule has 7 heteroatoms. The SMILES string of the molecule is O=C(C=CC1CC=CCC1)Nc1nnc(SCc2ccccc2F)s1. The Balaban J connectivity index is 1.49. The second kappa shape index (κ2) is 8.92. The van der Waals surface area contributed by atoms with Gasteiger partial charge in [-0.05, 0) is 42.9 Å². The Kier molecular flexibility index (Phi) is 6.36. The van der Waals surface area contributed by atoms with Gasteiger partial charge >= 0.3 is 0 Å². The van der Waals surface area contributed by atoms with Gasteiger partial charge in [0.05, 0.1) is 0 Å². The lowest BCUT2D eigenvalue weighted by Crippen LogP contribution is -2.09. The first-order chi connectivity index (χ1) is 12.2. The molecule has 0 radical (unpaired) electrons. The summed E-state index contributed by atoms with van der Waals surface area (Å²) in [6, 6.07) is 6.66. The van der Waals surface area contributed by atoms with E-state index in [1.807, 2.05) is 6.08 Å². The van der Waals surface area contributed by atoms with Crippen molar-refractivity contribution in [2.24, 2.45) is 5.92 Å². The highest BCUT2D eigenvalue weighted by molar-refractivity contribution is 8.00. The minimum absolute atomic E-state index is 0.198. The zero-order valence-corrected chi connectivity index (χ0v) is 15.2. The first-order valence-corrected chi connectivity index (χ1v) is 9.85. The standard InChI is InChI=1S/C18H18FN3OS2/c19-15-9-5-4-8-14(15)12-24-18-22-21-17(25-18)20-16(23)11-10-13-6-2-1-3-7-13/h1-2,4-5,8-11,13H,3,6-7,12H2,(H,20,21,23). The Morgan fingerprint density at radius 2 is 2.24 bits per heavy atom. The Morgan fingerprint density at radius 3 is 3.04 bits per heavy atom. The molecule has 2 aromatic rings. The van der Waals surface area contributed by atoms with Crippen LogP contribution in [-0.4, -0.2) is 16.1 Å². The summed E-state index contributed by atoms with van der Waals surface area (Å²) in [6.07, 6.45) is 11.0. The van der Waals surface area contributed by atoms with E-state index in [9.17, 15) is 9.18 Å². The highest BCUT2D eigenvalue weighted by atomic mass is 32.2. The average molecular weight is 375 g/mol. The van der Waals surface area contributed by atoms with Crippen molar-refractivity contribution in [3.8, 4) is 0 Å². The van der Waals surface area contributed by atoms with E-state index in [1.54, 1.807) is 24.3 Å². The molecular weight excluding hydrogens is 357 g/mol. The number of rotatable bonds is 6. The minimum atomic E-state index is -0.226. The van der Waals surface area contributed by atoms with Gasteiger partial charge in [-0.3, -0.25) is 10.1 Å². The highest BCUT2D eigenvalue weighted by Crippen LogP contribution is 2.29. The third-order valence-electron chi connectivity index (χ3n) is 3.77. The largest absolute Gasteiger partial charge is 0.297 e. The molecule has 0 aliphatic heterocycles. The zero-order chi connectivity index (χ0) is 17.5. The number of amides is 1. The summed E-state index contributed by atoms with van der Waals surface area (Å²) in [5, 5.41) is 11.2. The van der Waals surface area contributed by atoms with E-state index in [0.29, 0.717) is 26.7 Å². The van der Waals surface area contributed by atoms with E-state index < -0.39 is 0 Å². The maximum Gasteiger partial charge on any atom is 0.249 e. The molecule has 0 spiro atoms. The number of thioether (sulfide) groups is 1. The molecule has 1 aliphatic rings. The molecule has 0 bridgehead atoms. The molecule has 1 aliphatic carbocycles. The fourth-order valence-corrected chi connectivity index (χ4v) is 4.18. The molecule has 1 unspecified atom stereocenters. The first-order valence-electron chi connectivity index (χ1n) is 8.04. The van der Waals surface area contributed by atoms with Gasteiger partial charge in [-0.2, -0.15) is 0 Å². The number of carbonyl (C=O) groups excluding carboxylic acids is 1. The summed E-state index contributed by atoms with van der Waals surface area (Å²) in [4.78, 5) is 12.0. The number of allylic oxidation sites excluding steroid dienone is 3. The molecule has 3 rings (SSSR count). The van der Waals surface area contributed by atoms with Crippen molar-refractivity contribution in [3.05, 3.63) is 60.0 Å². The van der Waals surface area contributed by atoms with Gasteiger partial charge in [0.2, 0.25) is 11.0 Å². The summed E-state index contributed by atoms with van der Waals surface area (Å²) in [5.74, 6) is 0.480. The molecule has 0 saturated carbocycles. The van der Waals surface area contributed by atoms with E-state index >= 15 is 0 Å². The molecule has 4 nitrogen and oxygen atoms in total. The lowest BCUT2D eigenvalue weighted by Gasteiger charge is -2.12. The molecule has 1 atom stereocenters. The van der Waals surface area contributed by atoms with E-state index in [4.69, 9.17) is 0 Å². The molecule has 1 aromatic heterocycles. The Morgan fingerprint density at radius 1 is 1.36 bits per heavy atom. The van der Waals surface area contributed by atoms with Crippen molar-refractivity contribution in [2.45, 2.75) is 29.4 Å². The predicted octanol–water partition coefficient (Wildman–Crippen LogP) is 4.82. The molecule has 1 amide bonds. The average Bonchev–Trinajstić information content (AvgIpc) is 3.07. The Hall–Kier alpha value is -1.99. The van der Waals surface area contributed by atoms with Gasteiger partial charge in [0.15, 0.2) is 4.34 Å². The molecule has 25 heavy (non-hydrogen) atoms. The van der Waals surface area contributed by atoms with Gasteiger partial charge in [-0.25, -0.2) is 4.39 Å². The Bertz CT molecular complexity index is 788. The topological polar surface area (TPSA) is 54.9 Å². The number of nitrogens with one attached hydrogen (secondary N) is 1. The highest BCUT2D eigenvalue weighted by Gasteiger charge is 2.10. The third kappa shape index (κ3) is 5.51. The number of aromatic nitrogens is 2. The first kappa shape index (κ1) is 17.8. The van der Waals surface area contributed by atoms with Gasteiger partial charge in [-0.15, -0.1) is 10.2 Å². The van der Waals surface area contributed by atoms with E-state index in [1.165, 1.54) is 29.2 Å². The number of carbonyl (C=O) groups is 1. The van der Waals surface area contributed by atoms with Gasteiger partial charge in [0.1, 0.15) is 5.82 Å². The number of benzene rings is 1. The molecule has 1 aromatic carbocycles. The van der Waals surface area contributed by atoms with E-state index in [-0.39, 0.29) is 11.7 Å². The van der Waals surface area contributed by atoms with Gasteiger partial charge in [0.25, 0.3) is 0 Å². The number of hydrogen-bond acceptors (Lipinski definition) is 5. The summed E-state index contributed by atoms with van der Waals surface area (Å²) in [6.45, 7) is 0. The number of nitrogens with zero attached hydrogens (tertiary/aromatic N) is 2. The molecule has 0 saturated heterocycles. The van der Waals surface area contributed by atoms with Crippen LogP contribution in [-0.2, 0) is 10.5 Å². The summed E-state index contributed by atoms with van der Waals surface area (Å²) in [7, 11) is 0. The quantitative estimate of drug-likeness (QED) is 0.340. The Labute approximate surface area is 154 Å². The third-order valence-corrected chi connectivity index (χ3v) is 5.80. The normalized spacial score (nSPS) is 17.1. The fraction of sp³-hybridized carbons (Fsp3) is 0.278. The van der Waals surface area contributed by atoms with Crippen LogP contribution in [0.4, 0.5) is 9.52 Å². The lowest BCUT2D eigenvalue weighted by atomic mass is 9.94. The monoisotopic (exact) mass is 375 g/mol. The van der Waals surface area contributed by atoms with Crippen molar-refractivity contribution in [3.63, 3.8) is 0 Å². The van der Waals surface area contributed by atoms with Crippen LogP contribution in [0, 0.1) is 11.7 Å². The van der Waals surface area contributed by atoms with Crippen LogP contribution in [0.15, 0.2) is 52.9 Å². The van der Waals surface area contributed by atoms with Crippen LogP contribution in [0.1, 0.15) is 24.8 Å². The maximum atomic E-state index is 13.6. The van der Waals surface area contributed by atoms with E-state index in [0.717, 1.165) is 19.3 Å². The van der Waals surface area contributed by atoms with Crippen LogP contribution < -0.4 is 5.32 Å². The van der Waals surface area contributed by atoms with Gasteiger partial charge in [-0.1, -0.05) is 59.5 Å². The minimum Gasteiger partial charge on any atom is -0.297 e. The van der Waals surface area contributed by atoms with Crippen LogP contribution in [0.5, 0.6) is 0 Å². The fourth-order valence-electron chi connectivity index (χ4n) is 2.44. The van der Waals surface area contributed by atoms with Crippen molar-refractivity contribution in [1.29, 1.82) is 0 Å². The van der Waals surface area contributed by atoms with Crippen LogP contribution in [0.3, 0.4) is 0 Å². The van der Waals surface area contributed by atoms with Gasteiger partial charge in [0, 0.05) is 5.75 Å². The van der Waals surface area contributed by atoms with Crippen LogP contribution in [0.25, 0.3) is 0 Å². The smallest absolute Gasteiger partial charge is 0.249 e. The molecule has 1 heterocycles. The zero-order valence-electron chi connectivity index (χ0n) is 13.5. The van der Waals surface area contributed by atoms with Crippen molar-refractivity contribution >= 4 is 34.1 Å². The lowest BCUT2D eigenvalue weighted by molar-refractivity contribution is -0.111. The summed E-state index contributed by atoms with van der Waals surface area (Å²) >= 11 is 2.69. The number of anilines is 1. The number of hydrogen-bond donors (Lipinski definition) is 1. The molecule has 1 N–H and O–H groups in total. The van der Waals surface area contributed by atoms with Crippen LogP contribution in [0.2, 0.25) is 0 Å². The van der Waals surface area contributed by atoms with Crippen LogP contribution >= 0.6 is 23.1 Å².